The minimum atomic E-state index is 0.470. The number of hydrogen-bond acceptors (Lipinski definition) is 1. The van der Waals surface area contributed by atoms with Crippen LogP contribution in [0, 0.1) is 6.92 Å². The van der Waals surface area contributed by atoms with E-state index in [0.717, 1.165) is 24.0 Å². The maximum atomic E-state index is 5.92. The van der Waals surface area contributed by atoms with Gasteiger partial charge < -0.3 is 0 Å². The first-order chi connectivity index (χ1) is 5.65. The molecule has 0 aliphatic carbocycles. The van der Waals surface area contributed by atoms with Crippen molar-refractivity contribution in [2.24, 2.45) is 0 Å². The Kier molecular flexibility index (Phi) is 3.36. The lowest BCUT2D eigenvalue weighted by Crippen LogP contribution is -1.93. The lowest BCUT2D eigenvalue weighted by atomic mass is 10.1. The van der Waals surface area contributed by atoms with Gasteiger partial charge in [0.1, 0.15) is 10.3 Å². The fourth-order valence-corrected chi connectivity index (χ4v) is 1.80. The van der Waals surface area contributed by atoms with E-state index >= 15 is 0 Å². The van der Waals surface area contributed by atoms with Crippen LogP contribution in [0.25, 0.3) is 0 Å². The molecule has 0 spiro atoms. The van der Waals surface area contributed by atoms with E-state index in [-0.39, 0.29) is 0 Å². The van der Waals surface area contributed by atoms with Crippen molar-refractivity contribution in [1.82, 2.24) is 4.98 Å². The number of nitrogens with zero attached hydrogens (tertiary/aromatic N) is 1. The first-order valence-corrected chi connectivity index (χ1v) is 4.72. The molecule has 0 saturated heterocycles. The van der Waals surface area contributed by atoms with Gasteiger partial charge >= 0.3 is 0 Å². The zero-order valence-corrected chi connectivity index (χ0v) is 8.71. The molecule has 12 heavy (non-hydrogen) atoms. The minimum Gasteiger partial charge on any atom is -0.224 e. The van der Waals surface area contributed by atoms with E-state index in [0.29, 0.717) is 10.3 Å². The van der Waals surface area contributed by atoms with Crippen molar-refractivity contribution in [3.8, 4) is 0 Å². The molecule has 3 heteroatoms. The van der Waals surface area contributed by atoms with Crippen LogP contribution in [0.2, 0.25) is 10.3 Å². The predicted molar refractivity (Wildman–Crippen MR) is 53.0 cm³/mol. The lowest BCUT2D eigenvalue weighted by molar-refractivity contribution is 0.904. The molecule has 0 aromatic carbocycles. The van der Waals surface area contributed by atoms with Gasteiger partial charge in [0, 0.05) is 0 Å². The van der Waals surface area contributed by atoms with Crippen molar-refractivity contribution in [2.45, 2.75) is 26.7 Å². The third-order valence-corrected chi connectivity index (χ3v) is 2.27. The third-order valence-electron chi connectivity index (χ3n) is 1.77. The molecule has 0 atom stereocenters. The summed E-state index contributed by atoms with van der Waals surface area (Å²) in [6.07, 6.45) is 2.04. The van der Waals surface area contributed by atoms with Crippen LogP contribution in [0.5, 0.6) is 0 Å². The van der Waals surface area contributed by atoms with Gasteiger partial charge in [-0.25, -0.2) is 4.98 Å². The molecule has 0 radical (unpaired) electrons. The van der Waals surface area contributed by atoms with Crippen molar-refractivity contribution in [3.63, 3.8) is 0 Å². The zero-order chi connectivity index (χ0) is 9.14. The number of halogens is 2. The normalized spacial score (nSPS) is 10.3. The van der Waals surface area contributed by atoms with Gasteiger partial charge in [0.25, 0.3) is 0 Å². The molecule has 66 valence electrons. The van der Waals surface area contributed by atoms with Gasteiger partial charge in [-0.2, -0.15) is 0 Å². The Morgan fingerprint density at radius 1 is 1.42 bits per heavy atom. The van der Waals surface area contributed by atoms with Crippen molar-refractivity contribution in [3.05, 3.63) is 27.5 Å². The molecular formula is C9H11Cl2N. The summed E-state index contributed by atoms with van der Waals surface area (Å²) in [6.45, 7) is 4.12. The van der Waals surface area contributed by atoms with Gasteiger partial charge in [-0.15, -0.1) is 0 Å². The SMILES string of the molecule is CCCc1c(C)cc(Cl)nc1Cl. The van der Waals surface area contributed by atoms with Gasteiger partial charge in [0.05, 0.1) is 0 Å². The van der Waals surface area contributed by atoms with E-state index in [1.165, 1.54) is 0 Å². The Balaban J connectivity index is 3.10. The molecule has 1 aromatic rings. The number of pyridine rings is 1. The maximum absolute atomic E-state index is 5.92. The smallest absolute Gasteiger partial charge is 0.134 e. The van der Waals surface area contributed by atoms with Gasteiger partial charge in [0.15, 0.2) is 0 Å². The average Bonchev–Trinajstić information content (AvgIpc) is 1.96. The van der Waals surface area contributed by atoms with E-state index in [4.69, 9.17) is 23.2 Å². The third kappa shape index (κ3) is 2.11. The highest BCUT2D eigenvalue weighted by atomic mass is 35.5. The minimum absolute atomic E-state index is 0.470. The molecule has 1 nitrogen and oxygen atoms in total. The largest absolute Gasteiger partial charge is 0.224 e. The van der Waals surface area contributed by atoms with Gasteiger partial charge in [-0.05, 0) is 30.5 Å². The predicted octanol–water partition coefficient (Wildman–Crippen LogP) is 3.65. The van der Waals surface area contributed by atoms with Crippen LogP contribution in [-0.4, -0.2) is 4.98 Å². The molecule has 0 N–H and O–H groups in total. The van der Waals surface area contributed by atoms with E-state index < -0.39 is 0 Å². The highest BCUT2D eigenvalue weighted by Gasteiger charge is 2.05. The fourth-order valence-electron chi connectivity index (χ4n) is 1.17. The molecule has 0 amide bonds. The summed E-state index contributed by atoms with van der Waals surface area (Å²) in [5, 5.41) is 1.01. The van der Waals surface area contributed by atoms with Crippen LogP contribution in [0.15, 0.2) is 6.07 Å². The molecule has 1 rings (SSSR count). The topological polar surface area (TPSA) is 12.9 Å². The van der Waals surface area contributed by atoms with Crippen molar-refractivity contribution >= 4 is 23.2 Å². The monoisotopic (exact) mass is 203 g/mol. The van der Waals surface area contributed by atoms with Crippen molar-refractivity contribution < 1.29 is 0 Å². The standard InChI is InChI=1S/C9H11Cl2N/c1-3-4-7-6(2)5-8(10)12-9(7)11/h5H,3-4H2,1-2H3. The number of aromatic nitrogens is 1. The second-order valence-electron chi connectivity index (χ2n) is 2.78. The first kappa shape index (κ1) is 9.82. The summed E-state index contributed by atoms with van der Waals surface area (Å²) in [7, 11) is 0. The Bertz CT molecular complexity index is 261. The molecule has 0 aliphatic heterocycles. The van der Waals surface area contributed by atoms with Crippen LogP contribution in [0.3, 0.4) is 0 Å². The lowest BCUT2D eigenvalue weighted by Gasteiger charge is -2.05. The average molecular weight is 204 g/mol. The number of hydrogen-bond donors (Lipinski definition) is 0. The summed E-state index contributed by atoms with van der Waals surface area (Å²) < 4.78 is 0. The summed E-state index contributed by atoms with van der Waals surface area (Å²) in [6, 6.07) is 1.85. The van der Waals surface area contributed by atoms with Crippen LogP contribution < -0.4 is 0 Å². The maximum Gasteiger partial charge on any atom is 0.134 e. The quantitative estimate of drug-likeness (QED) is 0.670. The second kappa shape index (κ2) is 4.11. The number of aryl methyl sites for hydroxylation is 1. The molecule has 1 aromatic heterocycles. The fraction of sp³-hybridized carbons (Fsp3) is 0.444. The van der Waals surface area contributed by atoms with E-state index in [9.17, 15) is 0 Å². The van der Waals surface area contributed by atoms with Gasteiger partial charge in [-0.3, -0.25) is 0 Å². The molecule has 0 bridgehead atoms. The van der Waals surface area contributed by atoms with Gasteiger partial charge in [-0.1, -0.05) is 36.5 Å². The summed E-state index contributed by atoms with van der Waals surface area (Å²) in [5.74, 6) is 0. The first-order valence-electron chi connectivity index (χ1n) is 3.96. The van der Waals surface area contributed by atoms with E-state index in [1.54, 1.807) is 0 Å². The summed E-state index contributed by atoms with van der Waals surface area (Å²) in [5.41, 5.74) is 2.24. The van der Waals surface area contributed by atoms with Gasteiger partial charge in [0.2, 0.25) is 0 Å². The zero-order valence-electron chi connectivity index (χ0n) is 7.19. The molecule has 0 unspecified atom stereocenters. The van der Waals surface area contributed by atoms with Crippen LogP contribution in [-0.2, 0) is 6.42 Å². The van der Waals surface area contributed by atoms with Crippen molar-refractivity contribution in [2.75, 3.05) is 0 Å². The molecule has 0 fully saturated rings. The molecular weight excluding hydrogens is 193 g/mol. The van der Waals surface area contributed by atoms with Crippen LogP contribution in [0.1, 0.15) is 24.5 Å². The van der Waals surface area contributed by atoms with Crippen LogP contribution >= 0.6 is 23.2 Å². The Labute approximate surface area is 82.7 Å². The highest BCUT2D eigenvalue weighted by molar-refractivity contribution is 6.33. The Hall–Kier alpha value is -0.270. The molecule has 0 saturated carbocycles. The second-order valence-corrected chi connectivity index (χ2v) is 3.53. The van der Waals surface area contributed by atoms with E-state index in [1.807, 2.05) is 13.0 Å². The van der Waals surface area contributed by atoms with E-state index in [2.05, 4.69) is 11.9 Å². The van der Waals surface area contributed by atoms with Crippen LogP contribution in [0.4, 0.5) is 0 Å². The molecule has 1 heterocycles. The Morgan fingerprint density at radius 3 is 2.58 bits per heavy atom. The summed E-state index contributed by atoms with van der Waals surface area (Å²) >= 11 is 11.6. The highest BCUT2D eigenvalue weighted by Crippen LogP contribution is 2.22. The number of rotatable bonds is 2. The summed E-state index contributed by atoms with van der Waals surface area (Å²) in [4.78, 5) is 3.98. The Morgan fingerprint density at radius 2 is 2.08 bits per heavy atom. The molecule has 0 aliphatic rings. The van der Waals surface area contributed by atoms with Crippen molar-refractivity contribution in [1.29, 1.82) is 0 Å².